The summed E-state index contributed by atoms with van der Waals surface area (Å²) in [7, 11) is -4.00. The highest BCUT2D eigenvalue weighted by molar-refractivity contribution is 7.89. The third-order valence-corrected chi connectivity index (χ3v) is 4.05. The topological polar surface area (TPSA) is 113 Å². The molecule has 21 heavy (non-hydrogen) atoms. The number of aliphatic carboxylic acids is 1. The van der Waals surface area contributed by atoms with E-state index in [1.165, 1.54) is 0 Å². The third-order valence-electron chi connectivity index (χ3n) is 2.56. The molecule has 0 saturated heterocycles. The lowest BCUT2D eigenvalue weighted by Crippen LogP contribution is -2.47. The molecule has 1 aromatic rings. The molecule has 7 nitrogen and oxygen atoms in total. The highest BCUT2D eigenvalue weighted by Crippen LogP contribution is 2.11. The van der Waals surface area contributed by atoms with Gasteiger partial charge in [-0.15, -0.1) is 0 Å². The summed E-state index contributed by atoms with van der Waals surface area (Å²) in [5.41, 5.74) is 0. The largest absolute Gasteiger partial charge is 0.480 e. The van der Waals surface area contributed by atoms with Crippen molar-refractivity contribution in [2.24, 2.45) is 0 Å². The number of carboxylic acid groups (broad SMARTS) is 1. The fraction of sp³-hybridized carbons (Fsp3) is 0.333. The van der Waals surface area contributed by atoms with Gasteiger partial charge in [-0.3, -0.25) is 9.59 Å². The molecule has 1 rings (SSSR count). The molecular formula is C12H15FN2O5S. The molecule has 1 atom stereocenters. The van der Waals surface area contributed by atoms with Crippen LogP contribution in [0.4, 0.5) is 4.39 Å². The first-order valence-electron chi connectivity index (χ1n) is 6.03. The van der Waals surface area contributed by atoms with Gasteiger partial charge < -0.3 is 10.4 Å². The van der Waals surface area contributed by atoms with E-state index in [1.807, 2.05) is 0 Å². The number of sulfonamides is 1. The summed E-state index contributed by atoms with van der Waals surface area (Å²) in [5, 5.41) is 10.6. The van der Waals surface area contributed by atoms with Crippen LogP contribution in [0.3, 0.4) is 0 Å². The van der Waals surface area contributed by atoms with Crippen LogP contribution in [-0.2, 0) is 19.6 Å². The fourth-order valence-corrected chi connectivity index (χ4v) is 2.76. The van der Waals surface area contributed by atoms with E-state index in [9.17, 15) is 22.4 Å². The van der Waals surface area contributed by atoms with Gasteiger partial charge in [0.2, 0.25) is 15.9 Å². The zero-order chi connectivity index (χ0) is 16.0. The predicted octanol–water partition coefficient (Wildman–Crippen LogP) is 0.0834. The number of benzene rings is 1. The van der Waals surface area contributed by atoms with Gasteiger partial charge in [0.05, 0.1) is 4.90 Å². The van der Waals surface area contributed by atoms with E-state index in [2.05, 4.69) is 10.0 Å². The number of carbonyl (C=O) groups is 2. The minimum absolute atomic E-state index is 0.131. The Morgan fingerprint density at radius 3 is 2.33 bits per heavy atom. The summed E-state index contributed by atoms with van der Waals surface area (Å²) in [6, 6.07) is 3.00. The van der Waals surface area contributed by atoms with Gasteiger partial charge in [0.15, 0.2) is 0 Å². The molecule has 1 unspecified atom stereocenters. The minimum atomic E-state index is -4.00. The second-order valence-corrected chi connectivity index (χ2v) is 5.86. The zero-order valence-electron chi connectivity index (χ0n) is 11.2. The number of amides is 1. The Hall–Kier alpha value is -2.00. The van der Waals surface area contributed by atoms with Crippen LogP contribution in [-0.4, -0.2) is 38.0 Å². The maximum atomic E-state index is 12.8. The molecule has 1 aromatic carbocycles. The highest BCUT2D eigenvalue weighted by atomic mass is 32.2. The van der Waals surface area contributed by atoms with E-state index in [-0.39, 0.29) is 11.3 Å². The number of hydrogen-bond donors (Lipinski definition) is 3. The van der Waals surface area contributed by atoms with Gasteiger partial charge in [-0.1, -0.05) is 6.92 Å². The van der Waals surface area contributed by atoms with Crippen LogP contribution in [0.25, 0.3) is 0 Å². The first-order valence-corrected chi connectivity index (χ1v) is 7.52. The van der Waals surface area contributed by atoms with Crippen molar-refractivity contribution >= 4 is 21.9 Å². The molecule has 1 amide bonds. The zero-order valence-corrected chi connectivity index (χ0v) is 12.0. The molecule has 0 saturated carbocycles. The van der Waals surface area contributed by atoms with Crippen molar-refractivity contribution in [2.75, 3.05) is 6.54 Å². The Bertz CT molecular complexity index is 615. The predicted molar refractivity (Wildman–Crippen MR) is 71.4 cm³/mol. The van der Waals surface area contributed by atoms with Gasteiger partial charge in [-0.25, -0.2) is 12.8 Å². The van der Waals surface area contributed by atoms with Crippen molar-refractivity contribution in [1.29, 1.82) is 0 Å². The molecule has 0 aliphatic carbocycles. The van der Waals surface area contributed by atoms with E-state index in [1.54, 1.807) is 6.92 Å². The number of carboxylic acids is 1. The van der Waals surface area contributed by atoms with Crippen molar-refractivity contribution in [3.63, 3.8) is 0 Å². The summed E-state index contributed by atoms with van der Waals surface area (Å²) in [5.74, 6) is -2.56. The second-order valence-electron chi connectivity index (χ2n) is 4.15. The maximum Gasteiger partial charge on any atom is 0.322 e. The minimum Gasteiger partial charge on any atom is -0.480 e. The normalized spacial score (nSPS) is 12.7. The van der Waals surface area contributed by atoms with Crippen molar-refractivity contribution < 1.29 is 27.5 Å². The fourth-order valence-electron chi connectivity index (χ4n) is 1.48. The lowest BCUT2D eigenvalue weighted by Gasteiger charge is -2.16. The van der Waals surface area contributed by atoms with Crippen LogP contribution in [0, 0.1) is 5.82 Å². The smallest absolute Gasteiger partial charge is 0.322 e. The first kappa shape index (κ1) is 17.1. The molecular weight excluding hydrogens is 303 g/mol. The SMILES string of the molecule is CCC(NS(=O)(=O)c1ccc(F)cc1)C(=O)NCC(=O)O. The molecule has 116 valence electrons. The van der Waals surface area contributed by atoms with Crippen LogP contribution in [0.15, 0.2) is 29.2 Å². The number of carbonyl (C=O) groups excluding carboxylic acids is 1. The van der Waals surface area contributed by atoms with E-state index < -0.39 is 40.3 Å². The van der Waals surface area contributed by atoms with Crippen LogP contribution in [0.2, 0.25) is 0 Å². The number of halogens is 1. The Morgan fingerprint density at radius 2 is 1.86 bits per heavy atom. The van der Waals surface area contributed by atoms with Crippen molar-refractivity contribution in [3.05, 3.63) is 30.1 Å². The van der Waals surface area contributed by atoms with Crippen molar-refractivity contribution in [1.82, 2.24) is 10.0 Å². The van der Waals surface area contributed by atoms with Gasteiger partial charge in [-0.05, 0) is 30.7 Å². The molecule has 0 bridgehead atoms. The Morgan fingerprint density at radius 1 is 1.29 bits per heavy atom. The lowest BCUT2D eigenvalue weighted by atomic mass is 10.2. The number of rotatable bonds is 7. The van der Waals surface area contributed by atoms with E-state index in [0.717, 1.165) is 24.3 Å². The molecule has 0 heterocycles. The van der Waals surface area contributed by atoms with Gasteiger partial charge in [0.1, 0.15) is 18.4 Å². The molecule has 0 spiro atoms. The summed E-state index contributed by atoms with van der Waals surface area (Å²) >= 11 is 0. The van der Waals surface area contributed by atoms with E-state index in [0.29, 0.717) is 0 Å². The van der Waals surface area contributed by atoms with E-state index >= 15 is 0 Å². The molecule has 3 N–H and O–H groups in total. The highest BCUT2D eigenvalue weighted by Gasteiger charge is 2.24. The van der Waals surface area contributed by atoms with Crippen LogP contribution < -0.4 is 10.0 Å². The van der Waals surface area contributed by atoms with Gasteiger partial charge in [-0.2, -0.15) is 4.72 Å². The number of nitrogens with one attached hydrogen (secondary N) is 2. The Labute approximate surface area is 121 Å². The molecule has 0 radical (unpaired) electrons. The van der Waals surface area contributed by atoms with Crippen LogP contribution in [0.5, 0.6) is 0 Å². The standard InChI is InChI=1S/C12H15FN2O5S/c1-2-10(12(18)14-7-11(16)17)15-21(19,20)9-5-3-8(13)4-6-9/h3-6,10,15H,2,7H2,1H3,(H,14,18)(H,16,17). The van der Waals surface area contributed by atoms with E-state index in [4.69, 9.17) is 5.11 Å². The lowest BCUT2D eigenvalue weighted by molar-refractivity contribution is -0.138. The third kappa shape index (κ3) is 5.12. The summed E-state index contributed by atoms with van der Waals surface area (Å²) in [4.78, 5) is 21.9. The van der Waals surface area contributed by atoms with Gasteiger partial charge >= 0.3 is 5.97 Å². The van der Waals surface area contributed by atoms with Gasteiger partial charge in [0.25, 0.3) is 0 Å². The Kier molecular flexibility index (Phi) is 5.79. The Balaban J connectivity index is 2.82. The first-order chi connectivity index (χ1) is 9.76. The second kappa shape index (κ2) is 7.14. The van der Waals surface area contributed by atoms with Crippen molar-refractivity contribution in [2.45, 2.75) is 24.3 Å². The monoisotopic (exact) mass is 318 g/mol. The summed E-state index contributed by atoms with van der Waals surface area (Å²) in [6.45, 7) is 0.964. The van der Waals surface area contributed by atoms with Crippen molar-refractivity contribution in [3.8, 4) is 0 Å². The molecule has 0 aliphatic heterocycles. The summed E-state index contributed by atoms with van der Waals surface area (Å²) in [6.07, 6.45) is 0.131. The quantitative estimate of drug-likeness (QED) is 0.659. The van der Waals surface area contributed by atoms with Gasteiger partial charge in [0, 0.05) is 0 Å². The molecule has 9 heteroatoms. The van der Waals surface area contributed by atoms with Crippen LogP contribution >= 0.6 is 0 Å². The average molecular weight is 318 g/mol. The number of hydrogen-bond acceptors (Lipinski definition) is 4. The van der Waals surface area contributed by atoms with Crippen LogP contribution in [0.1, 0.15) is 13.3 Å². The molecule has 0 aliphatic rings. The molecule has 0 fully saturated rings. The average Bonchev–Trinajstić information content (AvgIpc) is 2.42. The summed E-state index contributed by atoms with van der Waals surface area (Å²) < 4.78 is 39.0. The maximum absolute atomic E-state index is 12.8. The molecule has 0 aromatic heterocycles.